The molecule has 6 nitrogen and oxygen atoms in total. The fourth-order valence-electron chi connectivity index (χ4n) is 3.16. The van der Waals surface area contributed by atoms with Crippen molar-refractivity contribution in [2.75, 3.05) is 23.8 Å². The summed E-state index contributed by atoms with van der Waals surface area (Å²) in [4.78, 5) is 8.98. The molecular weight excluding hydrogens is 340 g/mol. The molecule has 0 saturated carbocycles. The maximum absolute atomic E-state index is 5.64. The number of nitrogens with one attached hydrogen (secondary N) is 2. The number of hydrogen-bond acceptors (Lipinski definition) is 6. The minimum absolute atomic E-state index is 0.563. The average molecular weight is 362 g/mol. The molecule has 1 aromatic heterocycles. The Balaban J connectivity index is 1.57. The second kappa shape index (κ2) is 7.15. The third kappa shape index (κ3) is 4.11. The van der Waals surface area contributed by atoms with Crippen molar-refractivity contribution in [3.8, 4) is 11.5 Å². The molecule has 0 aliphatic carbocycles. The molecule has 2 N–H and O–H groups in total. The summed E-state index contributed by atoms with van der Waals surface area (Å²) in [6.07, 6.45) is 0. The molecule has 3 aromatic rings. The van der Waals surface area contributed by atoms with Gasteiger partial charge in [0.05, 0.1) is 0 Å². The highest BCUT2D eigenvalue weighted by Gasteiger charge is 2.12. The van der Waals surface area contributed by atoms with Gasteiger partial charge >= 0.3 is 0 Å². The summed E-state index contributed by atoms with van der Waals surface area (Å²) in [5, 5.41) is 6.68. The van der Waals surface area contributed by atoms with Crippen molar-refractivity contribution >= 4 is 23.0 Å². The van der Waals surface area contributed by atoms with Crippen LogP contribution in [0.3, 0.4) is 0 Å². The highest BCUT2D eigenvalue weighted by atomic mass is 16.6. The van der Waals surface area contributed by atoms with Gasteiger partial charge in [0, 0.05) is 23.5 Å². The Labute approximate surface area is 158 Å². The van der Waals surface area contributed by atoms with Gasteiger partial charge in [0.25, 0.3) is 0 Å². The molecular formula is C21H22N4O2. The van der Waals surface area contributed by atoms with E-state index in [9.17, 15) is 0 Å². The highest BCUT2D eigenvalue weighted by molar-refractivity contribution is 5.66. The molecule has 0 bridgehead atoms. The summed E-state index contributed by atoms with van der Waals surface area (Å²) in [7, 11) is 0. The fourth-order valence-corrected chi connectivity index (χ4v) is 3.16. The zero-order valence-corrected chi connectivity index (χ0v) is 15.7. The first-order valence-corrected chi connectivity index (χ1v) is 8.93. The predicted octanol–water partition coefficient (Wildman–Crippen LogP) is 4.66. The molecule has 2 heterocycles. The van der Waals surface area contributed by atoms with Gasteiger partial charge in [-0.15, -0.1) is 0 Å². The Morgan fingerprint density at radius 3 is 2.04 bits per heavy atom. The van der Waals surface area contributed by atoms with Gasteiger partial charge in [-0.3, -0.25) is 0 Å². The van der Waals surface area contributed by atoms with Gasteiger partial charge in [-0.2, -0.15) is 0 Å². The van der Waals surface area contributed by atoms with E-state index in [0.717, 1.165) is 28.7 Å². The third-order valence-corrected chi connectivity index (χ3v) is 4.15. The molecule has 6 heteroatoms. The van der Waals surface area contributed by atoms with Crippen LogP contribution in [0.15, 0.2) is 42.5 Å². The molecule has 4 rings (SSSR count). The summed E-state index contributed by atoms with van der Waals surface area (Å²) in [6, 6.07) is 14.0. The van der Waals surface area contributed by atoms with E-state index >= 15 is 0 Å². The number of benzene rings is 2. The Morgan fingerprint density at radius 1 is 0.704 bits per heavy atom. The van der Waals surface area contributed by atoms with Gasteiger partial charge < -0.3 is 20.1 Å². The quantitative estimate of drug-likeness (QED) is 0.703. The van der Waals surface area contributed by atoms with Gasteiger partial charge in [-0.1, -0.05) is 6.07 Å². The molecule has 1 aliphatic rings. The van der Waals surface area contributed by atoms with Crippen LogP contribution in [0.4, 0.5) is 23.0 Å². The van der Waals surface area contributed by atoms with E-state index in [1.54, 1.807) is 0 Å². The zero-order valence-electron chi connectivity index (χ0n) is 15.7. The molecule has 0 amide bonds. The summed E-state index contributed by atoms with van der Waals surface area (Å²) in [5.41, 5.74) is 4.31. The summed E-state index contributed by atoms with van der Waals surface area (Å²) < 4.78 is 11.2. The zero-order chi connectivity index (χ0) is 18.8. The Morgan fingerprint density at radius 2 is 1.33 bits per heavy atom. The van der Waals surface area contributed by atoms with Crippen molar-refractivity contribution in [3.63, 3.8) is 0 Å². The molecule has 0 radical (unpaired) electrons. The average Bonchev–Trinajstić information content (AvgIpc) is 2.60. The van der Waals surface area contributed by atoms with Crippen LogP contribution in [-0.4, -0.2) is 23.2 Å². The van der Waals surface area contributed by atoms with E-state index in [1.165, 1.54) is 11.1 Å². The lowest BCUT2D eigenvalue weighted by Gasteiger charge is -2.19. The van der Waals surface area contributed by atoms with Crippen molar-refractivity contribution in [1.29, 1.82) is 0 Å². The number of nitrogens with zero attached hydrogens (tertiary/aromatic N) is 2. The van der Waals surface area contributed by atoms with Crippen molar-refractivity contribution in [1.82, 2.24) is 9.97 Å². The number of fused-ring (bicyclic) bond motifs is 1. The van der Waals surface area contributed by atoms with Gasteiger partial charge in [0.15, 0.2) is 11.5 Å². The van der Waals surface area contributed by atoms with Gasteiger partial charge in [0.2, 0.25) is 0 Å². The SMILES string of the molecule is Cc1cc(C)cc(Nc2cc(Nc3ccc4c(c3)OCCO4)nc(C)n2)c1. The lowest BCUT2D eigenvalue weighted by molar-refractivity contribution is 0.171. The molecule has 0 atom stereocenters. The number of anilines is 4. The number of aromatic nitrogens is 2. The second-order valence-corrected chi connectivity index (χ2v) is 6.67. The topological polar surface area (TPSA) is 68.3 Å². The van der Waals surface area contributed by atoms with E-state index < -0.39 is 0 Å². The maximum atomic E-state index is 5.64. The third-order valence-electron chi connectivity index (χ3n) is 4.15. The lowest BCUT2D eigenvalue weighted by atomic mass is 10.1. The van der Waals surface area contributed by atoms with Crippen LogP contribution in [0.2, 0.25) is 0 Å². The van der Waals surface area contributed by atoms with Gasteiger partial charge in [-0.05, 0) is 56.2 Å². The lowest BCUT2D eigenvalue weighted by Crippen LogP contribution is -2.15. The van der Waals surface area contributed by atoms with Crippen molar-refractivity contribution in [2.24, 2.45) is 0 Å². The van der Waals surface area contributed by atoms with E-state index in [2.05, 4.69) is 52.6 Å². The Kier molecular flexibility index (Phi) is 4.54. The molecule has 0 saturated heterocycles. The molecule has 0 unspecified atom stereocenters. The van der Waals surface area contributed by atoms with Crippen LogP contribution in [0.5, 0.6) is 11.5 Å². The monoisotopic (exact) mass is 362 g/mol. The molecule has 2 aromatic carbocycles. The van der Waals surface area contributed by atoms with Crippen LogP contribution in [0, 0.1) is 20.8 Å². The van der Waals surface area contributed by atoms with Crippen LogP contribution < -0.4 is 20.1 Å². The van der Waals surface area contributed by atoms with E-state index in [4.69, 9.17) is 9.47 Å². The van der Waals surface area contributed by atoms with Crippen molar-refractivity contribution in [3.05, 3.63) is 59.4 Å². The van der Waals surface area contributed by atoms with Crippen LogP contribution in [0.25, 0.3) is 0 Å². The molecule has 0 spiro atoms. The maximum Gasteiger partial charge on any atom is 0.163 e. The second-order valence-electron chi connectivity index (χ2n) is 6.67. The van der Waals surface area contributed by atoms with Crippen molar-refractivity contribution < 1.29 is 9.47 Å². The molecule has 27 heavy (non-hydrogen) atoms. The summed E-state index contributed by atoms with van der Waals surface area (Å²) >= 11 is 0. The predicted molar refractivity (Wildman–Crippen MR) is 107 cm³/mol. The first kappa shape index (κ1) is 17.1. The fraction of sp³-hybridized carbons (Fsp3) is 0.238. The van der Waals surface area contributed by atoms with E-state index in [1.807, 2.05) is 31.2 Å². The highest BCUT2D eigenvalue weighted by Crippen LogP contribution is 2.33. The van der Waals surface area contributed by atoms with Crippen LogP contribution in [0.1, 0.15) is 17.0 Å². The van der Waals surface area contributed by atoms with Gasteiger partial charge in [-0.25, -0.2) is 9.97 Å². The first-order chi connectivity index (χ1) is 13.0. The minimum Gasteiger partial charge on any atom is -0.486 e. The summed E-state index contributed by atoms with van der Waals surface area (Å²) in [5.74, 6) is 3.65. The number of hydrogen-bond donors (Lipinski definition) is 2. The standard InChI is InChI=1S/C21H22N4O2/c1-13-8-14(2)10-17(9-13)25-21-12-20(22-15(3)23-21)24-16-4-5-18-19(11-16)27-7-6-26-18/h4-5,8-12H,6-7H2,1-3H3,(H2,22,23,24,25). The summed E-state index contributed by atoms with van der Waals surface area (Å²) in [6.45, 7) is 7.18. The molecule has 1 aliphatic heterocycles. The number of rotatable bonds is 4. The number of aryl methyl sites for hydroxylation is 3. The molecule has 138 valence electrons. The Bertz CT molecular complexity index is 968. The van der Waals surface area contributed by atoms with E-state index in [-0.39, 0.29) is 0 Å². The number of ether oxygens (including phenoxy) is 2. The Hall–Kier alpha value is -3.28. The van der Waals surface area contributed by atoms with Gasteiger partial charge in [0.1, 0.15) is 30.7 Å². The largest absolute Gasteiger partial charge is 0.486 e. The normalized spacial score (nSPS) is 12.6. The first-order valence-electron chi connectivity index (χ1n) is 8.93. The van der Waals surface area contributed by atoms with Crippen LogP contribution in [-0.2, 0) is 0 Å². The minimum atomic E-state index is 0.563. The van der Waals surface area contributed by atoms with E-state index in [0.29, 0.717) is 24.9 Å². The smallest absolute Gasteiger partial charge is 0.163 e. The van der Waals surface area contributed by atoms with Crippen molar-refractivity contribution in [2.45, 2.75) is 20.8 Å². The molecule has 0 fully saturated rings. The van der Waals surface area contributed by atoms with Crippen LogP contribution >= 0.6 is 0 Å².